The van der Waals surface area contributed by atoms with E-state index in [9.17, 15) is 9.18 Å². The van der Waals surface area contributed by atoms with E-state index in [4.69, 9.17) is 0 Å². The molecule has 5 heteroatoms. The second-order valence-electron chi connectivity index (χ2n) is 9.60. The molecule has 4 nitrogen and oxygen atoms in total. The number of aromatic nitrogens is 1. The van der Waals surface area contributed by atoms with Crippen molar-refractivity contribution in [2.75, 3.05) is 13.1 Å². The highest BCUT2D eigenvalue weighted by Gasteiger charge is 2.26. The van der Waals surface area contributed by atoms with Crippen LogP contribution in [-0.2, 0) is 17.9 Å². The number of piperidine rings is 1. The highest BCUT2D eigenvalue weighted by Crippen LogP contribution is 2.25. The molecule has 5 rings (SSSR count). The highest BCUT2D eigenvalue weighted by molar-refractivity contribution is 5.81. The van der Waals surface area contributed by atoms with Crippen LogP contribution in [0.5, 0.6) is 0 Å². The van der Waals surface area contributed by atoms with Gasteiger partial charge in [-0.05, 0) is 73.6 Å². The number of amides is 1. The van der Waals surface area contributed by atoms with Crippen LogP contribution < -0.4 is 5.32 Å². The standard InChI is InChI=1S/C30H32FN3O/c1-22(24-9-3-2-4-10-24)32-30(35)25-14-16-33(17-15-25)21-28-19-26-11-5-6-13-29(26)34(28)20-23-8-7-12-27(31)18-23/h2-13,18-19,22,25H,14-17,20-21H2,1H3,(H,32,35)/t22-/m1/s1. The zero-order chi connectivity index (χ0) is 24.2. The number of halogens is 1. The van der Waals surface area contributed by atoms with Gasteiger partial charge in [0.25, 0.3) is 0 Å². The molecule has 1 aliphatic heterocycles. The first-order valence-corrected chi connectivity index (χ1v) is 12.5. The number of carbonyl (C=O) groups is 1. The minimum Gasteiger partial charge on any atom is -0.349 e. The molecule has 180 valence electrons. The first-order chi connectivity index (χ1) is 17.1. The predicted molar refractivity (Wildman–Crippen MR) is 138 cm³/mol. The lowest BCUT2D eigenvalue weighted by Crippen LogP contribution is -2.41. The fraction of sp³-hybridized carbons (Fsp3) is 0.300. The summed E-state index contributed by atoms with van der Waals surface area (Å²) < 4.78 is 16.1. The molecular weight excluding hydrogens is 437 g/mol. The lowest BCUT2D eigenvalue weighted by atomic mass is 9.95. The number of nitrogens with zero attached hydrogens (tertiary/aromatic N) is 2. The quantitative estimate of drug-likeness (QED) is 0.365. The molecule has 35 heavy (non-hydrogen) atoms. The fourth-order valence-electron chi connectivity index (χ4n) is 5.14. The van der Waals surface area contributed by atoms with Gasteiger partial charge in [0.15, 0.2) is 0 Å². The second kappa shape index (κ2) is 10.4. The summed E-state index contributed by atoms with van der Waals surface area (Å²) in [6, 6.07) is 27.6. The van der Waals surface area contributed by atoms with E-state index in [0.717, 1.165) is 49.1 Å². The van der Waals surface area contributed by atoms with Crippen LogP contribution in [0.25, 0.3) is 10.9 Å². The Balaban J connectivity index is 1.24. The smallest absolute Gasteiger partial charge is 0.223 e. The number of likely N-dealkylation sites (tertiary alicyclic amines) is 1. The van der Waals surface area contributed by atoms with Gasteiger partial charge in [-0.2, -0.15) is 0 Å². The summed E-state index contributed by atoms with van der Waals surface area (Å²) in [6.07, 6.45) is 1.72. The Bertz CT molecular complexity index is 1290. The van der Waals surface area contributed by atoms with Gasteiger partial charge in [-0.15, -0.1) is 0 Å². The van der Waals surface area contributed by atoms with Crippen molar-refractivity contribution < 1.29 is 9.18 Å². The average molecular weight is 470 g/mol. The molecule has 0 bridgehead atoms. The summed E-state index contributed by atoms with van der Waals surface area (Å²) in [5.41, 5.74) is 4.46. The van der Waals surface area contributed by atoms with Crippen molar-refractivity contribution in [3.63, 3.8) is 0 Å². The number of carbonyl (C=O) groups excluding carboxylic acids is 1. The summed E-state index contributed by atoms with van der Waals surface area (Å²) in [7, 11) is 0. The van der Waals surface area contributed by atoms with Gasteiger partial charge in [0, 0.05) is 30.2 Å². The number of para-hydroxylation sites is 1. The predicted octanol–water partition coefficient (Wildman–Crippen LogP) is 5.92. The number of rotatable bonds is 7. The zero-order valence-corrected chi connectivity index (χ0v) is 20.2. The molecule has 1 saturated heterocycles. The summed E-state index contributed by atoms with van der Waals surface area (Å²) in [4.78, 5) is 15.3. The molecule has 3 aromatic carbocycles. The molecule has 0 aliphatic carbocycles. The Hall–Kier alpha value is -3.44. The number of hydrogen-bond donors (Lipinski definition) is 1. The molecule has 0 saturated carbocycles. The Kier molecular flexibility index (Phi) is 6.96. The molecule has 1 aliphatic rings. The van der Waals surface area contributed by atoms with Crippen LogP contribution in [-0.4, -0.2) is 28.5 Å². The van der Waals surface area contributed by atoms with E-state index in [-0.39, 0.29) is 23.7 Å². The Morgan fingerprint density at radius 1 is 0.943 bits per heavy atom. The van der Waals surface area contributed by atoms with E-state index >= 15 is 0 Å². The molecule has 1 atom stereocenters. The Morgan fingerprint density at radius 2 is 1.69 bits per heavy atom. The van der Waals surface area contributed by atoms with E-state index in [1.165, 1.54) is 17.1 Å². The van der Waals surface area contributed by atoms with Gasteiger partial charge in [-0.1, -0.05) is 60.7 Å². The summed E-state index contributed by atoms with van der Waals surface area (Å²) in [6.45, 7) is 5.27. The van der Waals surface area contributed by atoms with Crippen LogP contribution >= 0.6 is 0 Å². The van der Waals surface area contributed by atoms with Crippen molar-refractivity contribution in [2.24, 2.45) is 5.92 Å². The largest absolute Gasteiger partial charge is 0.349 e. The third-order valence-corrected chi connectivity index (χ3v) is 7.13. The monoisotopic (exact) mass is 469 g/mol. The molecule has 0 spiro atoms. The van der Waals surface area contributed by atoms with E-state index in [1.54, 1.807) is 12.1 Å². The van der Waals surface area contributed by atoms with E-state index in [2.05, 4.69) is 57.2 Å². The van der Waals surface area contributed by atoms with Gasteiger partial charge in [0.05, 0.1) is 6.04 Å². The lowest BCUT2D eigenvalue weighted by molar-refractivity contribution is -0.127. The van der Waals surface area contributed by atoms with Crippen LogP contribution in [0.4, 0.5) is 4.39 Å². The van der Waals surface area contributed by atoms with Crippen molar-refractivity contribution >= 4 is 16.8 Å². The number of nitrogens with one attached hydrogen (secondary N) is 1. The van der Waals surface area contributed by atoms with Gasteiger partial charge >= 0.3 is 0 Å². The summed E-state index contributed by atoms with van der Waals surface area (Å²) >= 11 is 0. The maximum absolute atomic E-state index is 13.8. The van der Waals surface area contributed by atoms with Gasteiger partial charge < -0.3 is 9.88 Å². The second-order valence-corrected chi connectivity index (χ2v) is 9.60. The number of benzene rings is 3. The van der Waals surface area contributed by atoms with Crippen molar-refractivity contribution in [3.8, 4) is 0 Å². The molecular formula is C30H32FN3O. The normalized spacial score (nSPS) is 15.8. The minimum atomic E-state index is -0.206. The molecule has 1 amide bonds. The van der Waals surface area contributed by atoms with Gasteiger partial charge in [0.1, 0.15) is 5.82 Å². The van der Waals surface area contributed by atoms with E-state index < -0.39 is 0 Å². The van der Waals surface area contributed by atoms with Crippen LogP contribution in [0.15, 0.2) is 84.9 Å². The third kappa shape index (κ3) is 5.46. The first-order valence-electron chi connectivity index (χ1n) is 12.5. The number of hydrogen-bond acceptors (Lipinski definition) is 2. The molecule has 1 N–H and O–H groups in total. The topological polar surface area (TPSA) is 37.3 Å². The molecule has 0 radical (unpaired) electrons. The summed E-state index contributed by atoms with van der Waals surface area (Å²) in [5, 5.41) is 4.39. The van der Waals surface area contributed by atoms with Crippen LogP contribution in [0.1, 0.15) is 42.6 Å². The first kappa shape index (κ1) is 23.3. The van der Waals surface area contributed by atoms with Gasteiger partial charge in [0.2, 0.25) is 5.91 Å². The molecule has 4 aromatic rings. The third-order valence-electron chi connectivity index (χ3n) is 7.13. The van der Waals surface area contributed by atoms with Crippen molar-refractivity contribution in [3.05, 3.63) is 108 Å². The lowest BCUT2D eigenvalue weighted by Gasteiger charge is -2.32. The van der Waals surface area contributed by atoms with Crippen molar-refractivity contribution in [2.45, 2.75) is 38.9 Å². The SMILES string of the molecule is C[C@@H](NC(=O)C1CCN(Cc2cc3ccccc3n2Cc2cccc(F)c2)CC1)c1ccccc1. The van der Waals surface area contributed by atoms with Gasteiger partial charge in [-0.25, -0.2) is 4.39 Å². The molecule has 1 fully saturated rings. The Labute approximate surface area is 206 Å². The van der Waals surface area contributed by atoms with E-state index in [1.807, 2.05) is 31.2 Å². The van der Waals surface area contributed by atoms with Crippen LogP contribution in [0, 0.1) is 11.7 Å². The average Bonchev–Trinajstić information content (AvgIpc) is 3.21. The van der Waals surface area contributed by atoms with E-state index in [0.29, 0.717) is 6.54 Å². The highest BCUT2D eigenvalue weighted by atomic mass is 19.1. The molecule has 0 unspecified atom stereocenters. The minimum absolute atomic E-state index is 0.0141. The molecule has 1 aromatic heterocycles. The fourth-order valence-corrected chi connectivity index (χ4v) is 5.14. The molecule has 2 heterocycles. The maximum Gasteiger partial charge on any atom is 0.223 e. The maximum atomic E-state index is 13.8. The summed E-state index contributed by atoms with van der Waals surface area (Å²) in [5.74, 6) is -0.000714. The van der Waals surface area contributed by atoms with Gasteiger partial charge in [-0.3, -0.25) is 9.69 Å². The van der Waals surface area contributed by atoms with Crippen LogP contribution in [0.3, 0.4) is 0 Å². The van der Waals surface area contributed by atoms with Crippen molar-refractivity contribution in [1.82, 2.24) is 14.8 Å². The zero-order valence-electron chi connectivity index (χ0n) is 20.2. The van der Waals surface area contributed by atoms with Crippen molar-refractivity contribution in [1.29, 1.82) is 0 Å². The van der Waals surface area contributed by atoms with Crippen LogP contribution in [0.2, 0.25) is 0 Å². The number of fused-ring (bicyclic) bond motifs is 1. The Morgan fingerprint density at radius 3 is 2.46 bits per heavy atom.